The first-order chi connectivity index (χ1) is 15.1. The van der Waals surface area contributed by atoms with E-state index < -0.39 is 6.10 Å². The molecule has 1 aliphatic heterocycles. The first-order valence-electron chi connectivity index (χ1n) is 10.5. The Morgan fingerprint density at radius 3 is 2.81 bits per heavy atom. The number of likely N-dealkylation sites (tertiary alicyclic amines) is 1. The molecule has 0 unspecified atom stereocenters. The maximum absolute atomic E-state index is 12.8. The van der Waals surface area contributed by atoms with E-state index >= 15 is 0 Å². The van der Waals surface area contributed by atoms with Crippen LogP contribution in [0.15, 0.2) is 35.0 Å². The van der Waals surface area contributed by atoms with Gasteiger partial charge in [-0.25, -0.2) is 4.68 Å². The van der Waals surface area contributed by atoms with Gasteiger partial charge in [0.2, 0.25) is 0 Å². The van der Waals surface area contributed by atoms with Gasteiger partial charge in [0.05, 0.1) is 12.2 Å². The van der Waals surface area contributed by atoms with Gasteiger partial charge in [0, 0.05) is 24.0 Å². The molecule has 0 N–H and O–H groups in total. The van der Waals surface area contributed by atoms with Crippen molar-refractivity contribution in [3.8, 4) is 17.3 Å². The molecule has 5 rings (SSSR count). The van der Waals surface area contributed by atoms with Gasteiger partial charge < -0.3 is 14.2 Å². The Morgan fingerprint density at radius 1 is 1.26 bits per heavy atom. The minimum atomic E-state index is -0.578. The van der Waals surface area contributed by atoms with Gasteiger partial charge in [0.15, 0.2) is 17.6 Å². The van der Waals surface area contributed by atoms with E-state index in [1.54, 1.807) is 31.2 Å². The lowest BCUT2D eigenvalue weighted by Crippen LogP contribution is -2.45. The molecule has 1 aromatic carbocycles. The molecule has 2 fully saturated rings. The summed E-state index contributed by atoms with van der Waals surface area (Å²) in [5, 5.41) is 13.1. The molecule has 31 heavy (non-hydrogen) atoms. The Labute approximate surface area is 184 Å². The first kappa shape index (κ1) is 20.0. The minimum Gasteiger partial charge on any atom is -0.481 e. The lowest BCUT2D eigenvalue weighted by Gasteiger charge is -2.33. The highest BCUT2D eigenvalue weighted by molar-refractivity contribution is 6.30. The summed E-state index contributed by atoms with van der Waals surface area (Å²) in [7, 11) is 0. The molecule has 3 aromatic rings. The second-order valence-electron chi connectivity index (χ2n) is 8.09. The number of piperidine rings is 1. The highest BCUT2D eigenvalue weighted by atomic mass is 35.5. The Kier molecular flexibility index (Phi) is 5.35. The van der Waals surface area contributed by atoms with Crippen LogP contribution in [0.5, 0.6) is 5.75 Å². The predicted molar refractivity (Wildman–Crippen MR) is 112 cm³/mol. The fourth-order valence-electron chi connectivity index (χ4n) is 3.80. The average molecular weight is 443 g/mol. The van der Waals surface area contributed by atoms with Gasteiger partial charge in [-0.3, -0.25) is 4.79 Å². The van der Waals surface area contributed by atoms with Gasteiger partial charge >= 0.3 is 0 Å². The van der Waals surface area contributed by atoms with Crippen LogP contribution < -0.4 is 4.74 Å². The summed E-state index contributed by atoms with van der Waals surface area (Å²) in [6, 6.07) is 7.23. The number of nitrogens with zero attached hydrogens (tertiary/aromatic N) is 6. The van der Waals surface area contributed by atoms with Gasteiger partial charge in [0.25, 0.3) is 11.8 Å². The molecule has 10 heteroatoms. The van der Waals surface area contributed by atoms with Gasteiger partial charge in [0.1, 0.15) is 5.75 Å². The van der Waals surface area contributed by atoms with E-state index in [0.717, 1.165) is 31.5 Å². The number of amides is 1. The van der Waals surface area contributed by atoms with Crippen molar-refractivity contribution in [1.29, 1.82) is 0 Å². The van der Waals surface area contributed by atoms with Crippen molar-refractivity contribution in [2.45, 2.75) is 50.7 Å². The molecule has 0 radical (unpaired) electrons. The lowest BCUT2D eigenvalue weighted by molar-refractivity contribution is -0.139. The molecule has 1 saturated heterocycles. The SMILES string of the molecule is C[C@@H](Oc1cccc(Cl)c1)C(=O)N1CCC(n2cc(-c3nc(C4CC4)no3)nn2)CC1. The van der Waals surface area contributed by atoms with Crippen molar-refractivity contribution in [3.63, 3.8) is 0 Å². The molecule has 3 heterocycles. The highest BCUT2D eigenvalue weighted by Crippen LogP contribution is 2.38. The average Bonchev–Trinajstić information content (AvgIpc) is 3.30. The molecular weight excluding hydrogens is 420 g/mol. The number of benzene rings is 1. The van der Waals surface area contributed by atoms with E-state index in [1.165, 1.54) is 0 Å². The zero-order chi connectivity index (χ0) is 21.4. The second kappa shape index (κ2) is 8.30. The van der Waals surface area contributed by atoms with Crippen molar-refractivity contribution in [1.82, 2.24) is 30.0 Å². The number of carbonyl (C=O) groups is 1. The summed E-state index contributed by atoms with van der Waals surface area (Å²) >= 11 is 5.99. The number of rotatable bonds is 6. The van der Waals surface area contributed by atoms with Crippen LogP contribution in [0.1, 0.15) is 50.4 Å². The predicted octanol–water partition coefficient (Wildman–Crippen LogP) is 3.49. The molecule has 1 atom stereocenters. The molecule has 1 saturated carbocycles. The third kappa shape index (κ3) is 4.41. The summed E-state index contributed by atoms with van der Waals surface area (Å²) in [5.41, 5.74) is 0.585. The van der Waals surface area contributed by atoms with E-state index in [9.17, 15) is 4.79 Å². The van der Waals surface area contributed by atoms with Crippen molar-refractivity contribution < 1.29 is 14.1 Å². The molecule has 162 valence electrons. The lowest BCUT2D eigenvalue weighted by atomic mass is 10.0. The molecule has 1 aliphatic carbocycles. The van der Waals surface area contributed by atoms with Gasteiger partial charge in [-0.1, -0.05) is 28.0 Å². The van der Waals surface area contributed by atoms with E-state index in [1.807, 2.05) is 15.8 Å². The van der Waals surface area contributed by atoms with Crippen LogP contribution in [-0.4, -0.2) is 55.1 Å². The normalized spacial score (nSPS) is 18.2. The summed E-state index contributed by atoms with van der Waals surface area (Å²) in [5.74, 6) is 2.15. The maximum Gasteiger partial charge on any atom is 0.280 e. The van der Waals surface area contributed by atoms with Gasteiger partial charge in [-0.05, 0) is 50.8 Å². The molecule has 2 aromatic heterocycles. The number of aromatic nitrogens is 5. The van der Waals surface area contributed by atoms with Crippen LogP contribution in [-0.2, 0) is 4.79 Å². The number of carbonyl (C=O) groups excluding carboxylic acids is 1. The molecule has 0 spiro atoms. The third-order valence-corrected chi connectivity index (χ3v) is 5.96. The van der Waals surface area contributed by atoms with Crippen molar-refractivity contribution in [3.05, 3.63) is 41.3 Å². The monoisotopic (exact) mass is 442 g/mol. The Hall–Kier alpha value is -2.94. The topological polar surface area (TPSA) is 99.2 Å². The maximum atomic E-state index is 12.8. The summed E-state index contributed by atoms with van der Waals surface area (Å²) in [6.07, 6.45) is 5.07. The van der Waals surface area contributed by atoms with Crippen LogP contribution in [0.25, 0.3) is 11.6 Å². The van der Waals surface area contributed by atoms with Crippen molar-refractivity contribution in [2.24, 2.45) is 0 Å². The largest absolute Gasteiger partial charge is 0.481 e. The first-order valence-corrected chi connectivity index (χ1v) is 10.9. The van der Waals surface area contributed by atoms with Crippen LogP contribution >= 0.6 is 11.6 Å². The summed E-state index contributed by atoms with van der Waals surface area (Å²) in [4.78, 5) is 19.1. The molecule has 9 nitrogen and oxygen atoms in total. The molecule has 1 amide bonds. The number of hydrogen-bond donors (Lipinski definition) is 0. The molecule has 2 aliphatic rings. The quantitative estimate of drug-likeness (QED) is 0.576. The van der Waals surface area contributed by atoms with E-state index in [4.69, 9.17) is 20.9 Å². The van der Waals surface area contributed by atoms with Crippen molar-refractivity contribution in [2.75, 3.05) is 13.1 Å². The van der Waals surface area contributed by atoms with Crippen molar-refractivity contribution >= 4 is 17.5 Å². The fraction of sp³-hybridized carbons (Fsp3) is 0.476. The summed E-state index contributed by atoms with van der Waals surface area (Å²) < 4.78 is 12.9. The van der Waals surface area contributed by atoms with Gasteiger partial charge in [-0.15, -0.1) is 5.10 Å². The standard InChI is InChI=1S/C21H23ClN6O3/c1-13(30-17-4-2-3-15(22)11-17)21(29)27-9-7-16(8-10-27)28-12-18(24-26-28)20-23-19(25-31-20)14-5-6-14/h2-4,11-14,16H,5-10H2,1H3/t13-/m1/s1. The smallest absolute Gasteiger partial charge is 0.280 e. The van der Waals surface area contributed by atoms with Crippen LogP contribution in [0.4, 0.5) is 0 Å². The third-order valence-electron chi connectivity index (χ3n) is 5.72. The Bertz CT molecular complexity index is 1070. The highest BCUT2D eigenvalue weighted by Gasteiger charge is 2.31. The minimum absolute atomic E-state index is 0.0313. The number of halogens is 1. The van der Waals surface area contributed by atoms with E-state index in [0.29, 0.717) is 41.4 Å². The Balaban J connectivity index is 1.16. The molecular formula is C21H23ClN6O3. The zero-order valence-electron chi connectivity index (χ0n) is 17.1. The molecule has 0 bridgehead atoms. The van der Waals surface area contributed by atoms with Crippen LogP contribution in [0.2, 0.25) is 5.02 Å². The summed E-state index contributed by atoms with van der Waals surface area (Å²) in [6.45, 7) is 3.03. The van der Waals surface area contributed by atoms with Crippen LogP contribution in [0, 0.1) is 0 Å². The zero-order valence-corrected chi connectivity index (χ0v) is 17.9. The Morgan fingerprint density at radius 2 is 2.06 bits per heavy atom. The van der Waals surface area contributed by atoms with Gasteiger partial charge in [-0.2, -0.15) is 4.98 Å². The van der Waals surface area contributed by atoms with E-state index in [-0.39, 0.29) is 11.9 Å². The number of ether oxygens (including phenoxy) is 1. The van der Waals surface area contributed by atoms with Crippen LogP contribution in [0.3, 0.4) is 0 Å². The fourth-order valence-corrected chi connectivity index (χ4v) is 3.98. The van der Waals surface area contributed by atoms with E-state index in [2.05, 4.69) is 20.5 Å². The second-order valence-corrected chi connectivity index (χ2v) is 8.53. The number of hydrogen-bond acceptors (Lipinski definition) is 7.